The van der Waals surface area contributed by atoms with E-state index in [0.717, 1.165) is 17.8 Å². The van der Waals surface area contributed by atoms with Crippen LogP contribution >= 0.6 is 11.8 Å². The van der Waals surface area contributed by atoms with Crippen LogP contribution in [0.1, 0.15) is 29.8 Å². The predicted octanol–water partition coefficient (Wildman–Crippen LogP) is 0.333. The Bertz CT molecular complexity index is 499. The molecule has 17 heavy (non-hydrogen) atoms. The summed E-state index contributed by atoms with van der Waals surface area (Å²) in [7, 11) is -3.20. The summed E-state index contributed by atoms with van der Waals surface area (Å²) < 4.78 is 27.9. The third-order valence-corrected chi connectivity index (χ3v) is 5.62. The van der Waals surface area contributed by atoms with Gasteiger partial charge in [-0.1, -0.05) is 5.16 Å². The first-order valence-corrected chi connectivity index (χ1v) is 8.36. The van der Waals surface area contributed by atoms with E-state index in [4.69, 9.17) is 10.3 Å². The molecule has 1 saturated heterocycles. The van der Waals surface area contributed by atoms with Crippen molar-refractivity contribution in [1.82, 2.24) is 10.1 Å². The van der Waals surface area contributed by atoms with E-state index in [2.05, 4.69) is 10.1 Å². The van der Waals surface area contributed by atoms with Crippen molar-refractivity contribution in [2.75, 3.05) is 17.8 Å². The summed E-state index contributed by atoms with van der Waals surface area (Å²) in [5, 5.41) is 2.99. The minimum absolute atomic E-state index is 0.00170. The van der Waals surface area contributed by atoms with Gasteiger partial charge in [0.15, 0.2) is 15.7 Å². The van der Waals surface area contributed by atoms with Gasteiger partial charge in [-0.2, -0.15) is 16.7 Å². The van der Waals surface area contributed by atoms with Crippen molar-refractivity contribution >= 4 is 21.6 Å². The first-order chi connectivity index (χ1) is 7.89. The van der Waals surface area contributed by atoms with Gasteiger partial charge in [0.1, 0.15) is 5.25 Å². The second-order valence-electron chi connectivity index (χ2n) is 4.27. The zero-order chi connectivity index (χ0) is 12.6. The molecule has 8 heteroatoms. The van der Waals surface area contributed by atoms with Crippen LogP contribution in [0.3, 0.4) is 0 Å². The molecule has 0 spiro atoms. The van der Waals surface area contributed by atoms with Gasteiger partial charge in [0.2, 0.25) is 5.89 Å². The third-order valence-electron chi connectivity index (χ3n) is 2.91. The molecular formula is C9H15N3O3S2. The van der Waals surface area contributed by atoms with Gasteiger partial charge in [0.05, 0.1) is 5.92 Å². The van der Waals surface area contributed by atoms with Crippen LogP contribution in [0.15, 0.2) is 4.52 Å². The van der Waals surface area contributed by atoms with Crippen LogP contribution in [-0.2, 0) is 9.84 Å². The van der Waals surface area contributed by atoms with E-state index < -0.39 is 15.1 Å². The molecule has 2 heterocycles. The van der Waals surface area contributed by atoms with Crippen molar-refractivity contribution in [2.45, 2.75) is 24.1 Å². The minimum Gasteiger partial charge on any atom is -0.339 e. The minimum atomic E-state index is -3.20. The molecule has 1 aliphatic rings. The highest BCUT2D eigenvalue weighted by Gasteiger charge is 2.32. The van der Waals surface area contributed by atoms with Gasteiger partial charge in [-0.25, -0.2) is 8.42 Å². The van der Waals surface area contributed by atoms with Crippen LogP contribution in [-0.4, -0.2) is 42.4 Å². The normalized spacial score (nSPS) is 27.2. The Kier molecular flexibility index (Phi) is 3.46. The summed E-state index contributed by atoms with van der Waals surface area (Å²) in [6.45, 7) is 1.55. The molecule has 0 saturated carbocycles. The number of hydrogen-bond acceptors (Lipinski definition) is 7. The average molecular weight is 277 g/mol. The monoisotopic (exact) mass is 277 g/mol. The Labute approximate surface area is 104 Å². The van der Waals surface area contributed by atoms with Crippen molar-refractivity contribution in [3.05, 3.63) is 11.7 Å². The molecular weight excluding hydrogens is 262 g/mol. The van der Waals surface area contributed by atoms with Crippen LogP contribution in [0.25, 0.3) is 0 Å². The largest absolute Gasteiger partial charge is 0.339 e. The number of nitrogens with two attached hydrogens (primary N) is 1. The molecule has 1 aromatic rings. The van der Waals surface area contributed by atoms with Crippen LogP contribution < -0.4 is 5.73 Å². The number of rotatable bonds is 3. The van der Waals surface area contributed by atoms with Crippen LogP contribution in [0.4, 0.5) is 0 Å². The summed E-state index contributed by atoms with van der Waals surface area (Å²) in [5.74, 6) is 2.41. The van der Waals surface area contributed by atoms with Crippen LogP contribution in [0, 0.1) is 0 Å². The summed E-state index contributed by atoms with van der Waals surface area (Å²) in [6, 6.07) is 0.00170. The van der Waals surface area contributed by atoms with Gasteiger partial charge >= 0.3 is 0 Å². The smallest absolute Gasteiger partial charge is 0.232 e. The van der Waals surface area contributed by atoms with E-state index in [1.807, 2.05) is 0 Å². The van der Waals surface area contributed by atoms with Gasteiger partial charge in [-0.3, -0.25) is 0 Å². The van der Waals surface area contributed by atoms with Crippen molar-refractivity contribution in [2.24, 2.45) is 5.73 Å². The van der Waals surface area contributed by atoms with Gasteiger partial charge in [0.25, 0.3) is 0 Å². The average Bonchev–Trinajstić information content (AvgIpc) is 2.83. The Morgan fingerprint density at radius 3 is 2.76 bits per heavy atom. The Balaban J connectivity index is 2.21. The summed E-state index contributed by atoms with van der Waals surface area (Å²) in [4.78, 5) is 4.16. The predicted molar refractivity (Wildman–Crippen MR) is 65.6 cm³/mol. The molecule has 3 unspecified atom stereocenters. The van der Waals surface area contributed by atoms with E-state index in [1.165, 1.54) is 0 Å². The maximum atomic E-state index is 11.4. The SMILES string of the molecule is CC(c1noc(C2CSCC2N)n1)S(C)(=O)=O. The zero-order valence-electron chi connectivity index (χ0n) is 9.66. The lowest BCUT2D eigenvalue weighted by molar-refractivity contribution is 0.348. The number of nitrogens with zero attached hydrogens (tertiary/aromatic N) is 2. The van der Waals surface area contributed by atoms with E-state index in [1.54, 1.807) is 18.7 Å². The number of thioether (sulfide) groups is 1. The number of aromatic nitrogens is 2. The Morgan fingerprint density at radius 2 is 2.24 bits per heavy atom. The second kappa shape index (κ2) is 4.58. The summed E-state index contributed by atoms with van der Waals surface area (Å²) >= 11 is 1.74. The van der Waals surface area contributed by atoms with Gasteiger partial charge < -0.3 is 10.3 Å². The molecule has 6 nitrogen and oxygen atoms in total. The molecule has 0 amide bonds. The van der Waals surface area contributed by atoms with Gasteiger partial charge in [0, 0.05) is 23.8 Å². The molecule has 1 fully saturated rings. The van der Waals surface area contributed by atoms with Crippen molar-refractivity contribution in [3.63, 3.8) is 0 Å². The quantitative estimate of drug-likeness (QED) is 0.850. The number of hydrogen-bond donors (Lipinski definition) is 1. The molecule has 2 N–H and O–H groups in total. The Hall–Kier alpha value is -0.600. The van der Waals surface area contributed by atoms with Gasteiger partial charge in [-0.15, -0.1) is 0 Å². The fourth-order valence-electron chi connectivity index (χ4n) is 1.58. The lowest BCUT2D eigenvalue weighted by atomic mass is 10.1. The molecule has 0 aliphatic carbocycles. The van der Waals surface area contributed by atoms with E-state index in [9.17, 15) is 8.42 Å². The second-order valence-corrected chi connectivity index (χ2v) is 7.71. The standard InChI is InChI=1S/C9H15N3O3S2/c1-5(17(2,13)14)8-11-9(15-12-8)6-3-16-4-7(6)10/h5-7H,3-4,10H2,1-2H3. The third kappa shape index (κ3) is 2.63. The highest BCUT2D eigenvalue weighted by atomic mass is 32.2. The molecule has 0 radical (unpaired) electrons. The molecule has 2 rings (SSSR count). The van der Waals surface area contributed by atoms with Gasteiger partial charge in [-0.05, 0) is 6.92 Å². The fraction of sp³-hybridized carbons (Fsp3) is 0.778. The van der Waals surface area contributed by atoms with Crippen molar-refractivity contribution < 1.29 is 12.9 Å². The van der Waals surface area contributed by atoms with Crippen LogP contribution in [0.2, 0.25) is 0 Å². The molecule has 0 bridgehead atoms. The first-order valence-electron chi connectivity index (χ1n) is 5.25. The number of sulfone groups is 1. The summed E-state index contributed by atoms with van der Waals surface area (Å²) in [6.07, 6.45) is 1.16. The maximum Gasteiger partial charge on any atom is 0.232 e. The zero-order valence-corrected chi connectivity index (χ0v) is 11.3. The molecule has 0 aromatic carbocycles. The lowest BCUT2D eigenvalue weighted by Crippen LogP contribution is -2.26. The molecule has 96 valence electrons. The van der Waals surface area contributed by atoms with E-state index >= 15 is 0 Å². The molecule has 1 aliphatic heterocycles. The molecule has 3 atom stereocenters. The Morgan fingerprint density at radius 1 is 1.53 bits per heavy atom. The lowest BCUT2D eigenvalue weighted by Gasteiger charge is -2.08. The topological polar surface area (TPSA) is 99.1 Å². The van der Waals surface area contributed by atoms with Crippen molar-refractivity contribution in [1.29, 1.82) is 0 Å². The van der Waals surface area contributed by atoms with E-state index in [-0.39, 0.29) is 17.8 Å². The van der Waals surface area contributed by atoms with E-state index in [0.29, 0.717) is 5.89 Å². The van der Waals surface area contributed by atoms with Crippen molar-refractivity contribution in [3.8, 4) is 0 Å². The first kappa shape index (κ1) is 12.8. The highest BCUT2D eigenvalue weighted by Crippen LogP contribution is 2.31. The summed E-state index contributed by atoms with van der Waals surface area (Å²) in [5.41, 5.74) is 5.92. The molecule has 1 aromatic heterocycles. The highest BCUT2D eigenvalue weighted by molar-refractivity contribution is 7.99. The van der Waals surface area contributed by atoms with Crippen LogP contribution in [0.5, 0.6) is 0 Å². The fourth-order valence-corrected chi connectivity index (χ4v) is 3.34. The maximum absolute atomic E-state index is 11.4.